The molecule has 1 fully saturated rings. The third-order valence-corrected chi connectivity index (χ3v) is 2.41. The molecule has 0 spiro atoms. The van der Waals surface area contributed by atoms with E-state index in [-0.39, 0.29) is 13.2 Å². The molecule has 1 saturated heterocycles. The average Bonchev–Trinajstić information content (AvgIpc) is 2.01. The first-order valence-corrected chi connectivity index (χ1v) is 4.53. The van der Waals surface area contributed by atoms with Gasteiger partial charge < -0.3 is 10.8 Å². The van der Waals surface area contributed by atoms with Crippen molar-refractivity contribution < 1.29 is 18.3 Å². The molecule has 0 bridgehead atoms. The number of hydrogen-bond donors (Lipinski definition) is 2. The fourth-order valence-corrected chi connectivity index (χ4v) is 1.78. The molecule has 0 amide bonds. The Morgan fingerprint density at radius 3 is 2.57 bits per heavy atom. The second kappa shape index (κ2) is 4.04. The van der Waals surface area contributed by atoms with Crippen molar-refractivity contribution in [1.29, 1.82) is 0 Å². The fraction of sp³-hybridized carbons (Fsp3) is 1.00. The molecule has 1 unspecified atom stereocenters. The Hall–Kier alpha value is -0.330. The van der Waals surface area contributed by atoms with Crippen molar-refractivity contribution in [3.63, 3.8) is 0 Å². The van der Waals surface area contributed by atoms with Crippen LogP contribution in [0.1, 0.15) is 12.8 Å². The topological polar surface area (TPSA) is 49.5 Å². The van der Waals surface area contributed by atoms with Crippen LogP contribution >= 0.6 is 0 Å². The minimum absolute atomic E-state index is 0.114. The maximum atomic E-state index is 12.1. The highest BCUT2D eigenvalue weighted by molar-refractivity contribution is 4.91. The molecule has 6 heteroatoms. The summed E-state index contributed by atoms with van der Waals surface area (Å²) in [7, 11) is 0. The minimum atomic E-state index is -4.19. The van der Waals surface area contributed by atoms with Gasteiger partial charge in [0.2, 0.25) is 0 Å². The van der Waals surface area contributed by atoms with Gasteiger partial charge in [0, 0.05) is 6.54 Å². The molecule has 1 atom stereocenters. The Kier molecular flexibility index (Phi) is 3.39. The zero-order valence-electron chi connectivity index (χ0n) is 7.85. The fourth-order valence-electron chi connectivity index (χ4n) is 1.78. The van der Waals surface area contributed by atoms with Gasteiger partial charge in [-0.3, -0.25) is 4.90 Å². The van der Waals surface area contributed by atoms with Gasteiger partial charge in [-0.05, 0) is 19.4 Å². The van der Waals surface area contributed by atoms with Gasteiger partial charge in [0.25, 0.3) is 0 Å². The number of rotatable bonds is 2. The average molecular weight is 212 g/mol. The highest BCUT2D eigenvalue weighted by atomic mass is 19.4. The smallest absolute Gasteiger partial charge is 0.394 e. The largest absolute Gasteiger partial charge is 0.401 e. The number of aliphatic hydroxyl groups is 1. The van der Waals surface area contributed by atoms with E-state index in [9.17, 15) is 13.2 Å². The normalized spacial score (nSPS) is 30.6. The lowest BCUT2D eigenvalue weighted by Crippen LogP contribution is -2.57. The molecule has 1 aliphatic rings. The molecule has 1 rings (SSSR count). The molecular weight excluding hydrogens is 197 g/mol. The first-order chi connectivity index (χ1) is 6.35. The summed E-state index contributed by atoms with van der Waals surface area (Å²) in [5.74, 6) is 0. The van der Waals surface area contributed by atoms with Crippen LogP contribution in [0, 0.1) is 0 Å². The number of piperidine rings is 1. The first kappa shape index (κ1) is 11.7. The van der Waals surface area contributed by atoms with Gasteiger partial charge >= 0.3 is 6.18 Å². The second-order valence-electron chi connectivity index (χ2n) is 3.95. The molecule has 0 aromatic carbocycles. The van der Waals surface area contributed by atoms with Crippen LogP contribution in [0.15, 0.2) is 0 Å². The van der Waals surface area contributed by atoms with Crippen molar-refractivity contribution in [2.45, 2.75) is 24.6 Å². The summed E-state index contributed by atoms with van der Waals surface area (Å²) < 4.78 is 36.2. The van der Waals surface area contributed by atoms with Crippen molar-refractivity contribution >= 4 is 0 Å². The number of aliphatic hydroxyl groups excluding tert-OH is 1. The number of hydrogen-bond acceptors (Lipinski definition) is 3. The van der Waals surface area contributed by atoms with Crippen LogP contribution < -0.4 is 5.73 Å². The molecule has 3 N–H and O–H groups in total. The van der Waals surface area contributed by atoms with E-state index >= 15 is 0 Å². The van der Waals surface area contributed by atoms with Crippen LogP contribution in [0.4, 0.5) is 13.2 Å². The van der Waals surface area contributed by atoms with Crippen LogP contribution in [-0.4, -0.2) is 48.0 Å². The third kappa shape index (κ3) is 3.43. The molecule has 14 heavy (non-hydrogen) atoms. The van der Waals surface area contributed by atoms with Gasteiger partial charge in [-0.15, -0.1) is 0 Å². The lowest BCUT2D eigenvalue weighted by molar-refractivity contribution is -0.150. The van der Waals surface area contributed by atoms with Gasteiger partial charge in [0.15, 0.2) is 0 Å². The monoisotopic (exact) mass is 212 g/mol. The van der Waals surface area contributed by atoms with Gasteiger partial charge in [-0.2, -0.15) is 13.2 Å². The summed E-state index contributed by atoms with van der Waals surface area (Å²) in [4.78, 5) is 1.25. The Labute approximate surface area is 80.7 Å². The van der Waals surface area contributed by atoms with Crippen molar-refractivity contribution in [2.24, 2.45) is 5.73 Å². The minimum Gasteiger partial charge on any atom is -0.394 e. The summed E-state index contributed by atoms with van der Waals surface area (Å²) in [6.07, 6.45) is -3.00. The van der Waals surface area contributed by atoms with E-state index in [1.165, 1.54) is 4.90 Å². The highest BCUT2D eigenvalue weighted by Gasteiger charge is 2.37. The number of likely N-dealkylation sites (tertiary alicyclic amines) is 1. The van der Waals surface area contributed by atoms with Crippen molar-refractivity contribution in [1.82, 2.24) is 4.90 Å². The lowest BCUT2D eigenvalue weighted by Gasteiger charge is -2.39. The predicted molar refractivity (Wildman–Crippen MR) is 45.7 cm³/mol. The summed E-state index contributed by atoms with van der Waals surface area (Å²) >= 11 is 0. The molecule has 0 aromatic heterocycles. The van der Waals surface area contributed by atoms with Gasteiger partial charge in [-0.1, -0.05) is 0 Å². The Bertz CT molecular complexity index is 198. The zero-order chi connectivity index (χ0) is 10.8. The summed E-state index contributed by atoms with van der Waals surface area (Å²) in [6, 6.07) is 0. The number of alkyl halides is 3. The standard InChI is InChI=1S/C8H15F3N2O/c9-8(10,11)5-13-3-1-2-7(12,4-13)6-14/h14H,1-6,12H2. The Morgan fingerprint density at radius 1 is 1.43 bits per heavy atom. The molecule has 0 saturated carbocycles. The molecule has 1 heterocycles. The van der Waals surface area contributed by atoms with Crippen molar-refractivity contribution in [2.75, 3.05) is 26.2 Å². The van der Waals surface area contributed by atoms with Crippen LogP contribution in [-0.2, 0) is 0 Å². The maximum absolute atomic E-state index is 12.1. The quantitative estimate of drug-likeness (QED) is 0.693. The summed E-state index contributed by atoms with van der Waals surface area (Å²) in [6.45, 7) is -0.686. The predicted octanol–water partition coefficient (Wildman–Crippen LogP) is 0.334. The van der Waals surface area contributed by atoms with Crippen LogP contribution in [0.5, 0.6) is 0 Å². The molecule has 0 aliphatic carbocycles. The van der Waals surface area contributed by atoms with E-state index in [1.807, 2.05) is 0 Å². The highest BCUT2D eigenvalue weighted by Crippen LogP contribution is 2.23. The zero-order valence-corrected chi connectivity index (χ0v) is 7.85. The van der Waals surface area contributed by atoms with Crippen molar-refractivity contribution in [3.05, 3.63) is 0 Å². The van der Waals surface area contributed by atoms with E-state index in [0.29, 0.717) is 19.4 Å². The van der Waals surface area contributed by atoms with E-state index < -0.39 is 18.3 Å². The third-order valence-electron chi connectivity index (χ3n) is 2.41. The van der Waals surface area contributed by atoms with E-state index in [0.717, 1.165) is 0 Å². The molecular formula is C8H15F3N2O. The Morgan fingerprint density at radius 2 is 2.07 bits per heavy atom. The molecule has 0 radical (unpaired) electrons. The number of nitrogens with zero attached hydrogens (tertiary/aromatic N) is 1. The SMILES string of the molecule is NC1(CO)CCCN(CC(F)(F)F)C1. The summed E-state index contributed by atoms with van der Waals surface area (Å²) in [5.41, 5.74) is 4.85. The van der Waals surface area contributed by atoms with Gasteiger partial charge in [0.05, 0.1) is 18.7 Å². The Balaban J connectivity index is 2.48. The van der Waals surface area contributed by atoms with E-state index in [2.05, 4.69) is 0 Å². The van der Waals surface area contributed by atoms with E-state index in [4.69, 9.17) is 10.8 Å². The van der Waals surface area contributed by atoms with E-state index in [1.54, 1.807) is 0 Å². The van der Waals surface area contributed by atoms with Crippen LogP contribution in [0.2, 0.25) is 0 Å². The second-order valence-corrected chi connectivity index (χ2v) is 3.95. The molecule has 3 nitrogen and oxygen atoms in total. The summed E-state index contributed by atoms with van der Waals surface area (Å²) in [5, 5.41) is 8.93. The first-order valence-electron chi connectivity index (χ1n) is 4.53. The molecule has 84 valence electrons. The van der Waals surface area contributed by atoms with Crippen molar-refractivity contribution in [3.8, 4) is 0 Å². The molecule has 0 aromatic rings. The maximum Gasteiger partial charge on any atom is 0.401 e. The van der Waals surface area contributed by atoms with Gasteiger partial charge in [0.1, 0.15) is 0 Å². The lowest BCUT2D eigenvalue weighted by atomic mass is 9.91. The van der Waals surface area contributed by atoms with Gasteiger partial charge in [-0.25, -0.2) is 0 Å². The van der Waals surface area contributed by atoms with Crippen LogP contribution in [0.3, 0.4) is 0 Å². The molecule has 1 aliphatic heterocycles. The number of halogens is 3. The number of nitrogens with two attached hydrogens (primary N) is 1. The van der Waals surface area contributed by atoms with Crippen LogP contribution in [0.25, 0.3) is 0 Å².